The molecule has 3 rings (SSSR count). The van der Waals surface area contributed by atoms with Crippen LogP contribution < -0.4 is 5.32 Å². The van der Waals surface area contributed by atoms with Crippen molar-refractivity contribution in [3.05, 3.63) is 60.1 Å². The van der Waals surface area contributed by atoms with Crippen LogP contribution in [0.1, 0.15) is 15.9 Å². The number of hydrogen-bond acceptors (Lipinski definition) is 4. The van der Waals surface area contributed by atoms with Gasteiger partial charge in [0.2, 0.25) is 0 Å². The maximum Gasteiger partial charge on any atom is 0.256 e. The summed E-state index contributed by atoms with van der Waals surface area (Å²) in [5.74, 6) is -0.191. The van der Waals surface area contributed by atoms with E-state index in [1.807, 2.05) is 43.6 Å². The average molecular weight is 296 g/mol. The Bertz CT molecular complexity index is 761. The van der Waals surface area contributed by atoms with Crippen LogP contribution in [-0.4, -0.2) is 27.4 Å². The highest BCUT2D eigenvalue weighted by molar-refractivity contribution is 5.99. The van der Waals surface area contributed by atoms with Crippen molar-refractivity contribution in [2.45, 2.75) is 6.42 Å². The number of carbonyl (C=O) groups is 1. The van der Waals surface area contributed by atoms with Crippen LogP contribution in [0.2, 0.25) is 0 Å². The number of nitrogens with zero attached hydrogens (tertiary/aromatic N) is 3. The molecule has 1 aromatic carbocycles. The third-order valence-corrected chi connectivity index (χ3v) is 3.32. The van der Waals surface area contributed by atoms with E-state index in [1.165, 1.54) is 6.26 Å². The summed E-state index contributed by atoms with van der Waals surface area (Å²) >= 11 is 0. The van der Waals surface area contributed by atoms with Gasteiger partial charge in [0.25, 0.3) is 5.91 Å². The molecule has 6 nitrogen and oxygen atoms in total. The highest BCUT2D eigenvalue weighted by Crippen LogP contribution is 2.21. The quantitative estimate of drug-likeness (QED) is 0.782. The number of nitrogens with one attached hydrogen (secondary N) is 1. The number of benzene rings is 1. The summed E-state index contributed by atoms with van der Waals surface area (Å²) in [5.41, 5.74) is 2.93. The van der Waals surface area contributed by atoms with E-state index in [-0.39, 0.29) is 5.91 Å². The first kappa shape index (κ1) is 14.1. The van der Waals surface area contributed by atoms with E-state index in [9.17, 15) is 4.79 Å². The molecule has 0 unspecified atom stereocenters. The van der Waals surface area contributed by atoms with Gasteiger partial charge in [-0.1, -0.05) is 35.5 Å². The van der Waals surface area contributed by atoms with Gasteiger partial charge in [0, 0.05) is 25.4 Å². The minimum atomic E-state index is -0.191. The number of rotatable bonds is 5. The van der Waals surface area contributed by atoms with Gasteiger partial charge in [-0.3, -0.25) is 9.48 Å². The van der Waals surface area contributed by atoms with E-state index in [0.717, 1.165) is 17.5 Å². The summed E-state index contributed by atoms with van der Waals surface area (Å²) in [4.78, 5) is 12.3. The zero-order chi connectivity index (χ0) is 15.4. The minimum Gasteiger partial charge on any atom is -0.363 e. The number of carbonyl (C=O) groups excluding carboxylic acids is 1. The highest BCUT2D eigenvalue weighted by atomic mass is 16.5. The fraction of sp³-hybridized carbons (Fsp3) is 0.188. The van der Waals surface area contributed by atoms with Crippen LogP contribution in [-0.2, 0) is 13.5 Å². The predicted octanol–water partition coefficient (Wildman–Crippen LogP) is 2.05. The van der Waals surface area contributed by atoms with Crippen molar-refractivity contribution >= 4 is 5.91 Å². The zero-order valence-electron chi connectivity index (χ0n) is 12.2. The summed E-state index contributed by atoms with van der Waals surface area (Å²) in [5, 5.41) is 10.9. The third-order valence-electron chi connectivity index (χ3n) is 3.32. The van der Waals surface area contributed by atoms with Gasteiger partial charge in [-0.2, -0.15) is 5.10 Å². The molecule has 0 aliphatic carbocycles. The molecular weight excluding hydrogens is 280 g/mol. The van der Waals surface area contributed by atoms with Crippen LogP contribution in [0, 0.1) is 0 Å². The molecule has 0 saturated heterocycles. The van der Waals surface area contributed by atoms with E-state index in [4.69, 9.17) is 4.52 Å². The molecule has 112 valence electrons. The fourth-order valence-electron chi connectivity index (χ4n) is 2.22. The molecule has 0 radical (unpaired) electrons. The standard InChI is InChI=1S/C16H16N4O2/c1-20-10-12(9-18-20)7-8-17-16(21)14-11-22-19-15(14)13-5-3-2-4-6-13/h2-6,9-11H,7-8H2,1H3,(H,17,21). The molecule has 6 heteroatoms. The van der Waals surface area contributed by atoms with Gasteiger partial charge in [-0.25, -0.2) is 0 Å². The molecule has 1 amide bonds. The second-order valence-electron chi connectivity index (χ2n) is 4.97. The Morgan fingerprint density at radius 2 is 2.14 bits per heavy atom. The van der Waals surface area contributed by atoms with E-state index < -0.39 is 0 Å². The summed E-state index contributed by atoms with van der Waals surface area (Å²) in [6, 6.07) is 9.49. The maximum atomic E-state index is 12.3. The molecule has 0 atom stereocenters. The molecule has 2 heterocycles. The topological polar surface area (TPSA) is 73.0 Å². The zero-order valence-corrected chi connectivity index (χ0v) is 12.2. The van der Waals surface area contributed by atoms with Crippen molar-refractivity contribution in [1.29, 1.82) is 0 Å². The Balaban J connectivity index is 1.65. The number of amides is 1. The van der Waals surface area contributed by atoms with Gasteiger partial charge in [-0.15, -0.1) is 0 Å². The van der Waals surface area contributed by atoms with Gasteiger partial charge < -0.3 is 9.84 Å². The Morgan fingerprint density at radius 3 is 2.86 bits per heavy atom. The lowest BCUT2D eigenvalue weighted by Gasteiger charge is -2.04. The van der Waals surface area contributed by atoms with Crippen LogP contribution in [0.3, 0.4) is 0 Å². The molecule has 1 N–H and O–H groups in total. The van der Waals surface area contributed by atoms with Crippen molar-refractivity contribution < 1.29 is 9.32 Å². The number of aryl methyl sites for hydroxylation is 1. The SMILES string of the molecule is Cn1cc(CCNC(=O)c2conc2-c2ccccc2)cn1. The summed E-state index contributed by atoms with van der Waals surface area (Å²) < 4.78 is 6.71. The third kappa shape index (κ3) is 3.06. The molecule has 0 bridgehead atoms. The van der Waals surface area contributed by atoms with E-state index in [1.54, 1.807) is 10.9 Å². The van der Waals surface area contributed by atoms with Crippen LogP contribution in [0.15, 0.2) is 53.5 Å². The first-order valence-electron chi connectivity index (χ1n) is 6.99. The van der Waals surface area contributed by atoms with Gasteiger partial charge in [-0.05, 0) is 12.0 Å². The van der Waals surface area contributed by atoms with E-state index in [0.29, 0.717) is 17.8 Å². The lowest BCUT2D eigenvalue weighted by Crippen LogP contribution is -2.25. The lowest BCUT2D eigenvalue weighted by molar-refractivity contribution is 0.0954. The molecule has 2 aromatic heterocycles. The van der Waals surface area contributed by atoms with Crippen LogP contribution in [0.5, 0.6) is 0 Å². The predicted molar refractivity (Wildman–Crippen MR) is 81.2 cm³/mol. The van der Waals surface area contributed by atoms with E-state index in [2.05, 4.69) is 15.6 Å². The first-order chi connectivity index (χ1) is 10.7. The van der Waals surface area contributed by atoms with Crippen molar-refractivity contribution in [3.63, 3.8) is 0 Å². The number of hydrogen-bond donors (Lipinski definition) is 1. The Morgan fingerprint density at radius 1 is 1.32 bits per heavy atom. The van der Waals surface area contributed by atoms with E-state index >= 15 is 0 Å². The van der Waals surface area contributed by atoms with Crippen molar-refractivity contribution in [3.8, 4) is 11.3 Å². The second kappa shape index (κ2) is 6.26. The highest BCUT2D eigenvalue weighted by Gasteiger charge is 2.16. The molecule has 0 aliphatic rings. The average Bonchev–Trinajstić information content (AvgIpc) is 3.17. The van der Waals surface area contributed by atoms with Crippen molar-refractivity contribution in [2.24, 2.45) is 7.05 Å². The number of aromatic nitrogens is 3. The fourth-order valence-corrected chi connectivity index (χ4v) is 2.22. The van der Waals surface area contributed by atoms with Crippen molar-refractivity contribution in [2.75, 3.05) is 6.54 Å². The second-order valence-corrected chi connectivity index (χ2v) is 4.97. The first-order valence-corrected chi connectivity index (χ1v) is 6.99. The largest absolute Gasteiger partial charge is 0.363 e. The molecule has 0 saturated carbocycles. The van der Waals surface area contributed by atoms with Gasteiger partial charge in [0.1, 0.15) is 17.5 Å². The molecule has 0 spiro atoms. The lowest BCUT2D eigenvalue weighted by atomic mass is 10.1. The van der Waals surface area contributed by atoms with Gasteiger partial charge >= 0.3 is 0 Å². The van der Waals surface area contributed by atoms with Crippen LogP contribution in [0.4, 0.5) is 0 Å². The van der Waals surface area contributed by atoms with Gasteiger partial charge in [0.15, 0.2) is 0 Å². The van der Waals surface area contributed by atoms with Crippen LogP contribution in [0.25, 0.3) is 11.3 Å². The normalized spacial score (nSPS) is 10.6. The minimum absolute atomic E-state index is 0.191. The Kier molecular flexibility index (Phi) is 4.00. The summed E-state index contributed by atoms with van der Waals surface area (Å²) in [6.45, 7) is 0.532. The molecule has 0 fully saturated rings. The van der Waals surface area contributed by atoms with Crippen molar-refractivity contribution in [1.82, 2.24) is 20.3 Å². The molecule has 0 aliphatic heterocycles. The summed E-state index contributed by atoms with van der Waals surface area (Å²) in [7, 11) is 1.87. The Labute approximate surface area is 127 Å². The monoisotopic (exact) mass is 296 g/mol. The molecule has 22 heavy (non-hydrogen) atoms. The maximum absolute atomic E-state index is 12.3. The van der Waals surface area contributed by atoms with Crippen LogP contribution >= 0.6 is 0 Å². The Hall–Kier alpha value is -2.89. The molecule has 3 aromatic rings. The smallest absolute Gasteiger partial charge is 0.256 e. The molecular formula is C16H16N4O2. The summed E-state index contributed by atoms with van der Waals surface area (Å²) in [6.07, 6.45) is 5.83. The van der Waals surface area contributed by atoms with Gasteiger partial charge in [0.05, 0.1) is 6.20 Å².